The molecular formula is C26H31N5O2. The Kier molecular flexibility index (Phi) is 5.29. The van der Waals surface area contributed by atoms with Gasteiger partial charge in [0.2, 0.25) is 5.91 Å². The lowest BCUT2D eigenvalue weighted by Crippen LogP contribution is -2.49. The molecule has 3 aliphatic heterocycles. The number of amides is 1. The van der Waals surface area contributed by atoms with Crippen molar-refractivity contribution in [2.45, 2.75) is 37.5 Å². The molecule has 33 heavy (non-hydrogen) atoms. The number of benzene rings is 1. The zero-order valence-electron chi connectivity index (χ0n) is 19.0. The fourth-order valence-electron chi connectivity index (χ4n) is 5.55. The second-order valence-corrected chi connectivity index (χ2v) is 9.88. The normalized spacial score (nSPS) is 22.5. The van der Waals surface area contributed by atoms with Crippen molar-refractivity contribution in [3.63, 3.8) is 0 Å². The van der Waals surface area contributed by atoms with Crippen molar-refractivity contribution in [1.82, 2.24) is 19.9 Å². The molecule has 172 valence electrons. The molecule has 3 aromatic rings. The van der Waals surface area contributed by atoms with Gasteiger partial charge in [-0.15, -0.1) is 0 Å². The summed E-state index contributed by atoms with van der Waals surface area (Å²) in [5, 5.41) is 0. The number of ether oxygens (including phenoxy) is 1. The highest BCUT2D eigenvalue weighted by molar-refractivity contribution is 5.80. The lowest BCUT2D eigenvalue weighted by molar-refractivity contribution is -0.134. The second-order valence-electron chi connectivity index (χ2n) is 9.88. The Balaban J connectivity index is 1.22. The number of anilines is 1. The molecule has 1 atom stereocenters. The Labute approximate surface area is 194 Å². The van der Waals surface area contributed by atoms with E-state index in [1.807, 2.05) is 6.07 Å². The van der Waals surface area contributed by atoms with Gasteiger partial charge in [-0.25, -0.2) is 9.97 Å². The number of piperidine rings is 1. The van der Waals surface area contributed by atoms with Crippen molar-refractivity contribution in [3.05, 3.63) is 53.9 Å². The molecule has 0 unspecified atom stereocenters. The predicted octanol–water partition coefficient (Wildman–Crippen LogP) is 3.31. The molecule has 2 aromatic heterocycles. The molecule has 3 fully saturated rings. The van der Waals surface area contributed by atoms with Crippen LogP contribution >= 0.6 is 0 Å². The summed E-state index contributed by atoms with van der Waals surface area (Å²) in [5.74, 6) is 2.28. The number of nitrogens with zero attached hydrogens (tertiary/aromatic N) is 4. The number of rotatable bonds is 5. The first-order valence-electron chi connectivity index (χ1n) is 12.2. The van der Waals surface area contributed by atoms with Crippen LogP contribution in [0.2, 0.25) is 0 Å². The average molecular weight is 446 g/mol. The molecule has 7 heteroatoms. The average Bonchev–Trinajstić information content (AvgIpc) is 3.51. The van der Waals surface area contributed by atoms with E-state index < -0.39 is 0 Å². The maximum absolute atomic E-state index is 12.9. The van der Waals surface area contributed by atoms with Crippen molar-refractivity contribution in [1.29, 1.82) is 0 Å². The molecule has 0 bridgehead atoms. The molecule has 1 aromatic carbocycles. The molecule has 7 nitrogen and oxygen atoms in total. The monoisotopic (exact) mass is 445 g/mol. The molecule has 3 saturated heterocycles. The van der Waals surface area contributed by atoms with E-state index in [9.17, 15) is 4.79 Å². The summed E-state index contributed by atoms with van der Waals surface area (Å²) < 4.78 is 5.63. The summed E-state index contributed by atoms with van der Waals surface area (Å²) in [4.78, 5) is 30.6. The summed E-state index contributed by atoms with van der Waals surface area (Å²) in [6, 6.07) is 14.7. The first-order valence-corrected chi connectivity index (χ1v) is 12.2. The van der Waals surface area contributed by atoms with E-state index in [-0.39, 0.29) is 11.3 Å². The Bertz CT molecular complexity index is 1130. The van der Waals surface area contributed by atoms with Crippen molar-refractivity contribution < 1.29 is 9.53 Å². The molecule has 3 aliphatic rings. The number of aromatic amines is 1. The van der Waals surface area contributed by atoms with E-state index in [4.69, 9.17) is 14.7 Å². The number of hydrogen-bond donors (Lipinski definition) is 1. The van der Waals surface area contributed by atoms with Gasteiger partial charge in [-0.1, -0.05) is 30.3 Å². The van der Waals surface area contributed by atoms with E-state index >= 15 is 0 Å². The molecule has 0 spiro atoms. The third-order valence-corrected chi connectivity index (χ3v) is 7.49. The highest BCUT2D eigenvalue weighted by Crippen LogP contribution is 2.35. The van der Waals surface area contributed by atoms with E-state index in [1.165, 1.54) is 5.56 Å². The van der Waals surface area contributed by atoms with Crippen molar-refractivity contribution >= 4 is 22.9 Å². The second kappa shape index (κ2) is 8.45. The van der Waals surface area contributed by atoms with Gasteiger partial charge in [-0.05, 0) is 49.8 Å². The van der Waals surface area contributed by atoms with Crippen LogP contribution in [-0.2, 0) is 21.4 Å². The first kappa shape index (κ1) is 20.7. The van der Waals surface area contributed by atoms with E-state index in [0.717, 1.165) is 81.1 Å². The van der Waals surface area contributed by atoms with Crippen LogP contribution in [0.25, 0.3) is 11.2 Å². The van der Waals surface area contributed by atoms with Crippen molar-refractivity contribution in [2.75, 3.05) is 44.3 Å². The Hall–Kier alpha value is -2.93. The summed E-state index contributed by atoms with van der Waals surface area (Å²) in [5.41, 5.74) is 2.86. The maximum Gasteiger partial charge on any atom is 0.227 e. The van der Waals surface area contributed by atoms with Crippen LogP contribution in [0.3, 0.4) is 0 Å². The quantitative estimate of drug-likeness (QED) is 0.652. The fraction of sp³-hybridized carbons (Fsp3) is 0.500. The Morgan fingerprint density at radius 1 is 1.03 bits per heavy atom. The minimum atomic E-state index is -0.124. The standard InChI is InChI=1S/C26H31N5O2/c32-24(30-12-4-5-13-30)20-9-6-14-31(16-20)22-11-10-21-23(28-22)29-25(27-21)26(17-33-18-26)15-19-7-2-1-3-8-19/h1-3,7-8,10-11,20H,4-6,9,12-18H2,(H,27,28,29)/t20-/m1/s1. The minimum absolute atomic E-state index is 0.0744. The van der Waals surface area contributed by atoms with Gasteiger partial charge in [0.1, 0.15) is 11.6 Å². The SMILES string of the molecule is O=C([C@@H]1CCCN(c2ccc3[nH]c(C4(Cc5ccccc5)COC4)nc3n2)C1)N1CCCC1. The fourth-order valence-corrected chi connectivity index (χ4v) is 5.55. The zero-order chi connectivity index (χ0) is 22.3. The molecule has 1 amide bonds. The smallest absolute Gasteiger partial charge is 0.227 e. The molecule has 5 heterocycles. The number of fused-ring (bicyclic) bond motifs is 1. The lowest BCUT2D eigenvalue weighted by Gasteiger charge is -2.39. The maximum atomic E-state index is 12.9. The number of nitrogens with one attached hydrogen (secondary N) is 1. The van der Waals surface area contributed by atoms with Crippen molar-refractivity contribution in [3.8, 4) is 0 Å². The number of hydrogen-bond acceptors (Lipinski definition) is 5. The lowest BCUT2D eigenvalue weighted by atomic mass is 9.79. The summed E-state index contributed by atoms with van der Waals surface area (Å²) in [6.07, 6.45) is 5.17. The molecule has 6 rings (SSSR count). The van der Waals surface area contributed by atoms with Gasteiger partial charge < -0.3 is 19.5 Å². The van der Waals surface area contributed by atoms with Crippen LogP contribution in [0, 0.1) is 5.92 Å². The molecule has 0 radical (unpaired) electrons. The van der Waals surface area contributed by atoms with Crippen LogP contribution in [0.1, 0.15) is 37.1 Å². The number of carbonyl (C=O) groups excluding carboxylic acids is 1. The number of H-pyrrole nitrogens is 1. The molecular weight excluding hydrogens is 414 g/mol. The van der Waals surface area contributed by atoms with Gasteiger partial charge >= 0.3 is 0 Å². The van der Waals surface area contributed by atoms with Gasteiger partial charge in [0.05, 0.1) is 30.1 Å². The largest absolute Gasteiger partial charge is 0.379 e. The number of imidazole rings is 1. The number of aromatic nitrogens is 3. The highest BCUT2D eigenvalue weighted by atomic mass is 16.5. The van der Waals surface area contributed by atoms with Gasteiger partial charge in [-0.2, -0.15) is 0 Å². The van der Waals surface area contributed by atoms with Gasteiger partial charge in [0.25, 0.3) is 0 Å². The molecule has 0 aliphatic carbocycles. The van der Waals surface area contributed by atoms with Crippen molar-refractivity contribution in [2.24, 2.45) is 5.92 Å². The van der Waals surface area contributed by atoms with Crippen LogP contribution < -0.4 is 4.90 Å². The van der Waals surface area contributed by atoms with Gasteiger partial charge in [0.15, 0.2) is 5.65 Å². The zero-order valence-corrected chi connectivity index (χ0v) is 19.0. The predicted molar refractivity (Wildman–Crippen MR) is 127 cm³/mol. The third-order valence-electron chi connectivity index (χ3n) is 7.49. The van der Waals surface area contributed by atoms with Crippen LogP contribution in [0.15, 0.2) is 42.5 Å². The van der Waals surface area contributed by atoms with E-state index in [2.05, 4.69) is 51.2 Å². The highest BCUT2D eigenvalue weighted by Gasteiger charge is 2.43. The number of likely N-dealkylation sites (tertiary alicyclic amines) is 1. The third kappa shape index (κ3) is 3.88. The van der Waals surface area contributed by atoms with Gasteiger partial charge in [0, 0.05) is 26.2 Å². The number of carbonyl (C=O) groups is 1. The van der Waals surface area contributed by atoms with Crippen LogP contribution in [0.4, 0.5) is 5.82 Å². The van der Waals surface area contributed by atoms with Crippen LogP contribution in [0.5, 0.6) is 0 Å². The Morgan fingerprint density at radius 3 is 2.61 bits per heavy atom. The number of pyridine rings is 1. The van der Waals surface area contributed by atoms with Crippen LogP contribution in [-0.4, -0.2) is 65.2 Å². The molecule has 1 N–H and O–H groups in total. The first-order chi connectivity index (χ1) is 16.2. The summed E-state index contributed by atoms with van der Waals surface area (Å²) >= 11 is 0. The molecule has 0 saturated carbocycles. The Morgan fingerprint density at radius 2 is 1.85 bits per heavy atom. The van der Waals surface area contributed by atoms with Gasteiger partial charge in [-0.3, -0.25) is 4.79 Å². The topological polar surface area (TPSA) is 74.3 Å². The summed E-state index contributed by atoms with van der Waals surface area (Å²) in [6.45, 7) is 4.86. The van der Waals surface area contributed by atoms with E-state index in [1.54, 1.807) is 0 Å². The minimum Gasteiger partial charge on any atom is -0.379 e. The summed E-state index contributed by atoms with van der Waals surface area (Å²) in [7, 11) is 0. The van der Waals surface area contributed by atoms with E-state index in [0.29, 0.717) is 19.1 Å².